The number of rotatable bonds is 3. The molecule has 0 aromatic carbocycles. The summed E-state index contributed by atoms with van der Waals surface area (Å²) in [5.41, 5.74) is 2.44. The predicted molar refractivity (Wildman–Crippen MR) is 73.9 cm³/mol. The molecule has 0 fully saturated rings. The number of hydrogen-bond acceptors (Lipinski definition) is 4. The largest absolute Gasteiger partial charge is 0.469 e. The van der Waals surface area contributed by atoms with Crippen molar-refractivity contribution in [3.8, 4) is 0 Å². The summed E-state index contributed by atoms with van der Waals surface area (Å²) in [5.74, 6) is 0.827. The minimum atomic E-state index is -0.301. The number of carbonyl (C=O) groups excluding carboxylic acids is 1. The Kier molecular flexibility index (Phi) is 3.76. The zero-order valence-electron chi connectivity index (χ0n) is 11.3. The molecule has 2 aliphatic rings. The molecule has 1 N–H and O–H groups in total. The van der Waals surface area contributed by atoms with Crippen LogP contribution < -0.4 is 5.32 Å². The first kappa shape index (κ1) is 12.8. The van der Waals surface area contributed by atoms with Crippen LogP contribution in [0.2, 0.25) is 0 Å². The van der Waals surface area contributed by atoms with Crippen LogP contribution in [0.1, 0.15) is 18.6 Å². The van der Waals surface area contributed by atoms with E-state index in [1.807, 2.05) is 18.2 Å². The second kappa shape index (κ2) is 5.86. The lowest BCUT2D eigenvalue weighted by Crippen LogP contribution is -2.35. The Morgan fingerprint density at radius 1 is 1.50 bits per heavy atom. The highest BCUT2D eigenvalue weighted by atomic mass is 16.6. The number of hydrogen-bond donors (Lipinski definition) is 1. The van der Waals surface area contributed by atoms with Crippen molar-refractivity contribution in [2.24, 2.45) is 0 Å². The van der Waals surface area contributed by atoms with Crippen molar-refractivity contribution in [1.29, 1.82) is 0 Å². The summed E-state index contributed by atoms with van der Waals surface area (Å²) in [6.07, 6.45) is 7.82. The van der Waals surface area contributed by atoms with E-state index < -0.39 is 0 Å². The van der Waals surface area contributed by atoms with Gasteiger partial charge in [0.05, 0.1) is 12.8 Å². The van der Waals surface area contributed by atoms with Crippen LogP contribution in [-0.4, -0.2) is 30.7 Å². The highest BCUT2D eigenvalue weighted by Gasteiger charge is 2.21. The summed E-state index contributed by atoms with van der Waals surface area (Å²) in [6, 6.07) is 3.70. The fourth-order valence-corrected chi connectivity index (χ4v) is 2.45. The van der Waals surface area contributed by atoms with Gasteiger partial charge in [-0.15, -0.1) is 0 Å². The molecule has 1 aromatic rings. The van der Waals surface area contributed by atoms with E-state index in [0.717, 1.165) is 30.8 Å². The molecule has 0 unspecified atom stereocenters. The average molecular weight is 274 g/mol. The van der Waals surface area contributed by atoms with E-state index in [2.05, 4.69) is 5.32 Å². The summed E-state index contributed by atoms with van der Waals surface area (Å²) in [7, 11) is 0. The molecule has 0 bridgehead atoms. The molecule has 0 radical (unpaired) electrons. The Labute approximate surface area is 117 Å². The molecule has 0 aliphatic carbocycles. The molecule has 5 nitrogen and oxygen atoms in total. The van der Waals surface area contributed by atoms with Crippen molar-refractivity contribution in [1.82, 2.24) is 10.2 Å². The van der Waals surface area contributed by atoms with Gasteiger partial charge in [-0.05, 0) is 36.6 Å². The minimum absolute atomic E-state index is 0.301. The second-order valence-electron chi connectivity index (χ2n) is 4.93. The van der Waals surface area contributed by atoms with Crippen LogP contribution in [0.25, 0.3) is 0 Å². The number of carbonyl (C=O) groups is 1. The molecule has 3 rings (SSSR count). The number of allylic oxidation sites excluding steroid dienone is 1. The first-order chi connectivity index (χ1) is 9.83. The lowest BCUT2D eigenvalue weighted by Gasteiger charge is -2.28. The van der Waals surface area contributed by atoms with Crippen LogP contribution in [0, 0.1) is 0 Å². The number of ether oxygens (including phenoxy) is 1. The lowest BCUT2D eigenvalue weighted by atomic mass is 10.0. The average Bonchev–Trinajstić information content (AvgIpc) is 3.00. The molecular weight excluding hydrogens is 256 g/mol. The molecule has 3 heterocycles. The van der Waals surface area contributed by atoms with Gasteiger partial charge in [-0.3, -0.25) is 4.90 Å². The van der Waals surface area contributed by atoms with E-state index in [1.165, 1.54) is 5.57 Å². The Hall–Kier alpha value is -2.17. The molecule has 20 heavy (non-hydrogen) atoms. The van der Waals surface area contributed by atoms with Crippen molar-refractivity contribution in [3.63, 3.8) is 0 Å². The first-order valence-electron chi connectivity index (χ1n) is 6.93. The van der Waals surface area contributed by atoms with E-state index in [9.17, 15) is 4.79 Å². The third-order valence-electron chi connectivity index (χ3n) is 3.52. The smallest absolute Gasteiger partial charge is 0.414 e. The monoisotopic (exact) mass is 274 g/mol. The molecule has 106 valence electrons. The third-order valence-corrected chi connectivity index (χ3v) is 3.52. The predicted octanol–water partition coefficient (Wildman–Crippen LogP) is 2.43. The maximum absolute atomic E-state index is 12.0. The third kappa shape index (κ3) is 2.87. The summed E-state index contributed by atoms with van der Waals surface area (Å²) in [6.45, 7) is 1.97. The van der Waals surface area contributed by atoms with E-state index in [1.54, 1.807) is 17.4 Å². The molecule has 0 spiro atoms. The zero-order valence-corrected chi connectivity index (χ0v) is 11.3. The van der Waals surface area contributed by atoms with Crippen LogP contribution in [-0.2, 0) is 11.2 Å². The van der Waals surface area contributed by atoms with E-state index in [4.69, 9.17) is 9.15 Å². The van der Waals surface area contributed by atoms with Gasteiger partial charge in [0.1, 0.15) is 12.4 Å². The van der Waals surface area contributed by atoms with Crippen molar-refractivity contribution in [3.05, 3.63) is 47.7 Å². The maximum Gasteiger partial charge on any atom is 0.414 e. The number of amides is 1. The van der Waals surface area contributed by atoms with Gasteiger partial charge in [-0.25, -0.2) is 4.79 Å². The normalized spacial score (nSPS) is 17.7. The van der Waals surface area contributed by atoms with Gasteiger partial charge < -0.3 is 14.5 Å². The highest BCUT2D eigenvalue weighted by molar-refractivity contribution is 5.70. The summed E-state index contributed by atoms with van der Waals surface area (Å²) in [4.78, 5) is 13.6. The van der Waals surface area contributed by atoms with Gasteiger partial charge in [0.25, 0.3) is 0 Å². The molecule has 1 aromatic heterocycles. The summed E-state index contributed by atoms with van der Waals surface area (Å²) >= 11 is 0. The number of nitrogens with one attached hydrogen (secondary N) is 1. The molecular formula is C15H18N2O3. The van der Waals surface area contributed by atoms with Crippen molar-refractivity contribution in [2.45, 2.75) is 19.3 Å². The fraction of sp³-hybridized carbons (Fsp3) is 0.400. The van der Waals surface area contributed by atoms with E-state index in [0.29, 0.717) is 19.6 Å². The van der Waals surface area contributed by atoms with Crippen LogP contribution >= 0.6 is 0 Å². The van der Waals surface area contributed by atoms with Crippen LogP contribution in [0.3, 0.4) is 0 Å². The molecule has 0 saturated carbocycles. The topological polar surface area (TPSA) is 54.7 Å². The quantitative estimate of drug-likeness (QED) is 0.919. The van der Waals surface area contributed by atoms with Gasteiger partial charge in [-0.1, -0.05) is 0 Å². The SMILES string of the molecule is O=C(OCCc1ccco1)N1C=CC2=C(CCCN2)C1. The maximum atomic E-state index is 12.0. The van der Waals surface area contributed by atoms with Crippen LogP contribution in [0.5, 0.6) is 0 Å². The van der Waals surface area contributed by atoms with E-state index >= 15 is 0 Å². The highest BCUT2D eigenvalue weighted by Crippen LogP contribution is 2.21. The van der Waals surface area contributed by atoms with Crippen molar-refractivity contribution < 1.29 is 13.9 Å². The second-order valence-corrected chi connectivity index (χ2v) is 4.93. The molecule has 0 saturated heterocycles. The fourth-order valence-electron chi connectivity index (χ4n) is 2.45. The zero-order chi connectivity index (χ0) is 13.8. The first-order valence-corrected chi connectivity index (χ1v) is 6.93. The van der Waals surface area contributed by atoms with Gasteiger partial charge in [0, 0.05) is 24.9 Å². The van der Waals surface area contributed by atoms with Gasteiger partial charge in [0.2, 0.25) is 0 Å². The summed E-state index contributed by atoms with van der Waals surface area (Å²) in [5, 5.41) is 3.34. The Morgan fingerprint density at radius 3 is 3.30 bits per heavy atom. The minimum Gasteiger partial charge on any atom is -0.469 e. The molecule has 5 heteroatoms. The van der Waals surface area contributed by atoms with Crippen LogP contribution in [0.4, 0.5) is 4.79 Å². The van der Waals surface area contributed by atoms with Gasteiger partial charge in [-0.2, -0.15) is 0 Å². The molecule has 0 atom stereocenters. The van der Waals surface area contributed by atoms with Crippen LogP contribution in [0.15, 0.2) is 46.4 Å². The lowest BCUT2D eigenvalue weighted by molar-refractivity contribution is 0.118. The Morgan fingerprint density at radius 2 is 2.45 bits per heavy atom. The standard InChI is InChI=1S/C15H18N2O3/c18-15(20-10-6-13-4-2-9-19-13)17-8-5-14-12(11-17)3-1-7-16-14/h2,4-5,8-9,16H,1,3,6-7,10-11H2. The van der Waals surface area contributed by atoms with Crippen molar-refractivity contribution in [2.75, 3.05) is 19.7 Å². The van der Waals surface area contributed by atoms with E-state index in [-0.39, 0.29) is 6.09 Å². The number of nitrogens with zero attached hydrogens (tertiary/aromatic N) is 1. The Balaban J connectivity index is 1.49. The summed E-state index contributed by atoms with van der Waals surface area (Å²) < 4.78 is 10.5. The molecule has 1 amide bonds. The van der Waals surface area contributed by atoms with Gasteiger partial charge in [0.15, 0.2) is 0 Å². The van der Waals surface area contributed by atoms with Gasteiger partial charge >= 0.3 is 6.09 Å². The van der Waals surface area contributed by atoms with Crippen molar-refractivity contribution >= 4 is 6.09 Å². The molecule has 2 aliphatic heterocycles. The Bertz CT molecular complexity index is 531. The number of furan rings is 1.